The average Bonchev–Trinajstić information content (AvgIpc) is 2.32. The van der Waals surface area contributed by atoms with Crippen LogP contribution in [0.3, 0.4) is 0 Å². The molecule has 0 spiro atoms. The molecule has 1 aliphatic heterocycles. The monoisotopic (exact) mass is 316 g/mol. The summed E-state index contributed by atoms with van der Waals surface area (Å²) in [5.41, 5.74) is 0.598. The fourth-order valence-corrected chi connectivity index (χ4v) is 2.67. The van der Waals surface area contributed by atoms with Gasteiger partial charge >= 0.3 is 0 Å². The van der Waals surface area contributed by atoms with E-state index in [1.165, 1.54) is 0 Å². The zero-order chi connectivity index (χ0) is 14.7. The highest BCUT2D eigenvalue weighted by molar-refractivity contribution is 6.34. The van der Waals surface area contributed by atoms with E-state index in [2.05, 4.69) is 10.6 Å². The van der Waals surface area contributed by atoms with Crippen molar-refractivity contribution in [2.24, 2.45) is 11.8 Å². The summed E-state index contributed by atoms with van der Waals surface area (Å²) in [6.07, 6.45) is -0.818. The van der Waals surface area contributed by atoms with Gasteiger partial charge in [-0.25, -0.2) is 0 Å². The second kappa shape index (κ2) is 6.76. The SMILES string of the molecule is CC(C(=O)NCC(O)c1cc(Cl)cc(Cl)c1)C1CNC1. The number of rotatable bonds is 5. The van der Waals surface area contributed by atoms with Crippen LogP contribution in [0.1, 0.15) is 18.6 Å². The lowest BCUT2D eigenvalue weighted by Crippen LogP contribution is -2.50. The van der Waals surface area contributed by atoms with Gasteiger partial charge in [0, 0.05) is 22.5 Å². The maximum atomic E-state index is 11.9. The fraction of sp³-hybridized carbons (Fsp3) is 0.500. The molecule has 1 saturated heterocycles. The molecule has 0 saturated carbocycles. The first-order chi connectivity index (χ1) is 9.47. The summed E-state index contributed by atoms with van der Waals surface area (Å²) < 4.78 is 0. The van der Waals surface area contributed by atoms with E-state index in [4.69, 9.17) is 23.2 Å². The van der Waals surface area contributed by atoms with Crippen molar-refractivity contribution in [3.8, 4) is 0 Å². The highest BCUT2D eigenvalue weighted by Gasteiger charge is 2.28. The topological polar surface area (TPSA) is 61.4 Å². The number of aliphatic hydroxyl groups excluding tert-OH is 1. The lowest BCUT2D eigenvalue weighted by Gasteiger charge is -2.31. The summed E-state index contributed by atoms with van der Waals surface area (Å²) in [6.45, 7) is 3.81. The zero-order valence-corrected chi connectivity index (χ0v) is 12.7. The maximum absolute atomic E-state index is 11.9. The summed E-state index contributed by atoms with van der Waals surface area (Å²) in [7, 11) is 0. The standard InChI is InChI=1S/C14H18Cl2N2O2/c1-8(10-5-17-6-10)14(20)18-7-13(19)9-2-11(15)4-12(16)3-9/h2-4,8,10,13,17,19H,5-7H2,1H3,(H,18,20). The first-order valence-corrected chi connectivity index (χ1v) is 7.35. The van der Waals surface area contributed by atoms with Crippen LogP contribution in [0.5, 0.6) is 0 Å². The van der Waals surface area contributed by atoms with Gasteiger partial charge in [0.25, 0.3) is 0 Å². The number of nitrogens with one attached hydrogen (secondary N) is 2. The molecule has 2 atom stereocenters. The Bertz CT molecular complexity index is 472. The predicted molar refractivity (Wildman–Crippen MR) is 80.0 cm³/mol. The predicted octanol–water partition coefficient (Wildman–Crippen LogP) is 2.00. The Labute approximate surface area is 128 Å². The Morgan fingerprint density at radius 3 is 2.50 bits per heavy atom. The van der Waals surface area contributed by atoms with Crippen LogP contribution in [0.25, 0.3) is 0 Å². The number of hydrogen-bond donors (Lipinski definition) is 3. The molecule has 2 unspecified atom stereocenters. The highest BCUT2D eigenvalue weighted by atomic mass is 35.5. The molecule has 0 radical (unpaired) electrons. The van der Waals surface area contributed by atoms with Crippen LogP contribution in [-0.2, 0) is 4.79 Å². The molecule has 20 heavy (non-hydrogen) atoms. The Morgan fingerprint density at radius 2 is 2.00 bits per heavy atom. The molecule has 1 heterocycles. The highest BCUT2D eigenvalue weighted by Crippen LogP contribution is 2.23. The summed E-state index contributed by atoms with van der Waals surface area (Å²) in [4.78, 5) is 11.9. The van der Waals surface area contributed by atoms with Gasteiger partial charge in [-0.2, -0.15) is 0 Å². The summed E-state index contributed by atoms with van der Waals surface area (Å²) >= 11 is 11.8. The average molecular weight is 317 g/mol. The van der Waals surface area contributed by atoms with Crippen LogP contribution in [0.2, 0.25) is 10.0 Å². The Morgan fingerprint density at radius 1 is 1.40 bits per heavy atom. The van der Waals surface area contributed by atoms with Gasteiger partial charge in [0.2, 0.25) is 5.91 Å². The van der Waals surface area contributed by atoms with Crippen molar-refractivity contribution in [2.75, 3.05) is 19.6 Å². The molecule has 0 bridgehead atoms. The molecule has 2 rings (SSSR count). The fourth-order valence-electron chi connectivity index (χ4n) is 2.12. The number of hydrogen-bond acceptors (Lipinski definition) is 3. The minimum atomic E-state index is -0.818. The Kier molecular flexibility index (Phi) is 5.27. The molecule has 1 amide bonds. The van der Waals surface area contributed by atoms with E-state index in [0.29, 0.717) is 21.5 Å². The summed E-state index contributed by atoms with van der Waals surface area (Å²) in [5.74, 6) is 0.294. The van der Waals surface area contributed by atoms with Crippen molar-refractivity contribution in [1.29, 1.82) is 0 Å². The van der Waals surface area contributed by atoms with E-state index >= 15 is 0 Å². The maximum Gasteiger partial charge on any atom is 0.223 e. The van der Waals surface area contributed by atoms with Crippen LogP contribution in [0.4, 0.5) is 0 Å². The third kappa shape index (κ3) is 3.85. The minimum absolute atomic E-state index is 0.0383. The Balaban J connectivity index is 1.87. The minimum Gasteiger partial charge on any atom is -0.387 e. The van der Waals surface area contributed by atoms with Gasteiger partial charge in [-0.05, 0) is 42.8 Å². The largest absolute Gasteiger partial charge is 0.387 e. The van der Waals surface area contributed by atoms with Gasteiger partial charge < -0.3 is 15.7 Å². The molecular formula is C14H18Cl2N2O2. The quantitative estimate of drug-likeness (QED) is 0.778. The van der Waals surface area contributed by atoms with Gasteiger partial charge in [0.05, 0.1) is 6.10 Å². The first kappa shape index (κ1) is 15.6. The van der Waals surface area contributed by atoms with E-state index in [0.717, 1.165) is 13.1 Å². The second-order valence-corrected chi connectivity index (χ2v) is 6.04. The van der Waals surface area contributed by atoms with Crippen LogP contribution < -0.4 is 10.6 Å². The lowest BCUT2D eigenvalue weighted by molar-refractivity contribution is -0.127. The molecule has 1 aliphatic rings. The van der Waals surface area contributed by atoms with E-state index in [1.807, 2.05) is 6.92 Å². The molecule has 1 fully saturated rings. The molecule has 4 nitrogen and oxygen atoms in total. The lowest BCUT2D eigenvalue weighted by atomic mass is 9.88. The number of benzene rings is 1. The molecular weight excluding hydrogens is 299 g/mol. The van der Waals surface area contributed by atoms with E-state index in [-0.39, 0.29) is 18.4 Å². The van der Waals surface area contributed by atoms with Crippen molar-refractivity contribution in [3.05, 3.63) is 33.8 Å². The Hall–Kier alpha value is -0.810. The van der Waals surface area contributed by atoms with Crippen LogP contribution in [0.15, 0.2) is 18.2 Å². The second-order valence-electron chi connectivity index (χ2n) is 5.17. The normalized spacial score (nSPS) is 18.2. The van der Waals surface area contributed by atoms with Crippen molar-refractivity contribution < 1.29 is 9.90 Å². The third-order valence-electron chi connectivity index (χ3n) is 3.67. The van der Waals surface area contributed by atoms with E-state index < -0.39 is 6.10 Å². The molecule has 0 aromatic heterocycles. The van der Waals surface area contributed by atoms with Crippen LogP contribution in [0, 0.1) is 11.8 Å². The zero-order valence-electron chi connectivity index (χ0n) is 11.2. The van der Waals surface area contributed by atoms with Crippen molar-refractivity contribution >= 4 is 29.1 Å². The van der Waals surface area contributed by atoms with Crippen LogP contribution in [-0.4, -0.2) is 30.6 Å². The number of carbonyl (C=O) groups excluding carboxylic acids is 1. The first-order valence-electron chi connectivity index (χ1n) is 6.60. The molecule has 6 heteroatoms. The van der Waals surface area contributed by atoms with Crippen LogP contribution >= 0.6 is 23.2 Å². The third-order valence-corrected chi connectivity index (χ3v) is 4.11. The van der Waals surface area contributed by atoms with Gasteiger partial charge in [0.1, 0.15) is 0 Å². The van der Waals surface area contributed by atoms with Gasteiger partial charge in [-0.3, -0.25) is 4.79 Å². The molecule has 110 valence electrons. The number of amides is 1. The van der Waals surface area contributed by atoms with Gasteiger partial charge in [-0.1, -0.05) is 30.1 Å². The number of aliphatic hydroxyl groups is 1. The molecule has 0 aliphatic carbocycles. The van der Waals surface area contributed by atoms with Crippen molar-refractivity contribution in [1.82, 2.24) is 10.6 Å². The van der Waals surface area contributed by atoms with Gasteiger partial charge in [0.15, 0.2) is 0 Å². The van der Waals surface area contributed by atoms with Crippen molar-refractivity contribution in [2.45, 2.75) is 13.0 Å². The summed E-state index contributed by atoms with van der Waals surface area (Å²) in [5, 5.41) is 16.9. The smallest absolute Gasteiger partial charge is 0.223 e. The molecule has 3 N–H and O–H groups in total. The van der Waals surface area contributed by atoms with E-state index in [9.17, 15) is 9.90 Å². The molecule has 1 aromatic carbocycles. The van der Waals surface area contributed by atoms with Crippen molar-refractivity contribution in [3.63, 3.8) is 0 Å². The summed E-state index contributed by atoms with van der Waals surface area (Å²) in [6, 6.07) is 4.89. The number of halogens is 2. The van der Waals surface area contributed by atoms with Gasteiger partial charge in [-0.15, -0.1) is 0 Å². The molecule has 1 aromatic rings. The van der Waals surface area contributed by atoms with E-state index in [1.54, 1.807) is 18.2 Å². The number of carbonyl (C=O) groups is 1.